The maximum atomic E-state index is 12.7. The van der Waals surface area contributed by atoms with Crippen LogP contribution >= 0.6 is 0 Å². The van der Waals surface area contributed by atoms with E-state index in [0.29, 0.717) is 11.5 Å². The number of hydrogen-bond acceptors (Lipinski definition) is 2. The Labute approximate surface area is 112 Å². The van der Waals surface area contributed by atoms with Gasteiger partial charge >= 0.3 is 0 Å². The first-order chi connectivity index (χ1) is 9.11. The van der Waals surface area contributed by atoms with E-state index in [2.05, 4.69) is 12.2 Å². The van der Waals surface area contributed by atoms with Crippen LogP contribution in [0, 0.1) is 5.92 Å². The molecule has 19 heavy (non-hydrogen) atoms. The third-order valence-electron chi connectivity index (χ3n) is 4.01. The molecule has 1 aliphatic heterocycles. The molecule has 1 saturated heterocycles. The average molecular weight is 269 g/mol. The number of nitrogens with one attached hydrogen (secondary N) is 1. The van der Waals surface area contributed by atoms with Crippen molar-refractivity contribution in [2.24, 2.45) is 5.92 Å². The summed E-state index contributed by atoms with van der Waals surface area (Å²) in [5.74, 6) is 0.610. The molecule has 0 radical (unpaired) electrons. The predicted octanol–water partition coefficient (Wildman–Crippen LogP) is 3.44. The molecule has 3 atom stereocenters. The smallest absolute Gasteiger partial charge is 0.263 e. The van der Waals surface area contributed by atoms with E-state index in [1.807, 2.05) is 0 Å². The molecule has 1 aliphatic rings. The zero-order valence-corrected chi connectivity index (χ0v) is 11.2. The van der Waals surface area contributed by atoms with Crippen molar-refractivity contribution in [3.63, 3.8) is 0 Å². The monoisotopic (exact) mass is 269 g/mol. The highest BCUT2D eigenvalue weighted by Crippen LogP contribution is 2.29. The minimum absolute atomic E-state index is 0.0283. The summed E-state index contributed by atoms with van der Waals surface area (Å²) >= 11 is 0. The van der Waals surface area contributed by atoms with Crippen molar-refractivity contribution in [1.29, 1.82) is 0 Å². The van der Waals surface area contributed by atoms with Crippen LogP contribution in [-0.4, -0.2) is 17.7 Å². The Morgan fingerprint density at radius 1 is 1.37 bits per heavy atom. The number of rotatable bonds is 4. The van der Waals surface area contributed by atoms with Crippen LogP contribution in [0.2, 0.25) is 0 Å². The van der Waals surface area contributed by atoms with Crippen molar-refractivity contribution in [2.45, 2.75) is 44.8 Å². The molecule has 0 saturated carbocycles. The maximum absolute atomic E-state index is 12.7. The fraction of sp³-hybridized carbons (Fsp3) is 0.600. The quantitative estimate of drug-likeness (QED) is 0.877. The van der Waals surface area contributed by atoms with E-state index < -0.39 is 12.5 Å². The highest BCUT2D eigenvalue weighted by Gasteiger charge is 2.27. The molecule has 2 N–H and O–H groups in total. The fourth-order valence-corrected chi connectivity index (χ4v) is 2.76. The summed E-state index contributed by atoms with van der Waals surface area (Å²) in [5, 5.41) is 13.7. The summed E-state index contributed by atoms with van der Waals surface area (Å²) in [5.41, 5.74) is 0.548. The molecule has 0 spiro atoms. The molecule has 4 heteroatoms. The maximum Gasteiger partial charge on any atom is 0.263 e. The van der Waals surface area contributed by atoms with Crippen LogP contribution in [0.3, 0.4) is 0 Å². The lowest BCUT2D eigenvalue weighted by atomic mass is 9.86. The van der Waals surface area contributed by atoms with Crippen LogP contribution in [0.25, 0.3) is 0 Å². The molecule has 106 valence electrons. The Balaban J connectivity index is 2.10. The molecular weight excluding hydrogens is 248 g/mol. The van der Waals surface area contributed by atoms with Crippen LogP contribution in [-0.2, 0) is 0 Å². The summed E-state index contributed by atoms with van der Waals surface area (Å²) in [6, 6.07) is 6.07. The van der Waals surface area contributed by atoms with Gasteiger partial charge < -0.3 is 10.4 Å². The first-order valence-electron chi connectivity index (χ1n) is 6.91. The first kappa shape index (κ1) is 14.4. The largest absolute Gasteiger partial charge is 0.387 e. The van der Waals surface area contributed by atoms with Crippen molar-refractivity contribution in [1.82, 2.24) is 5.32 Å². The van der Waals surface area contributed by atoms with Gasteiger partial charge in [0.05, 0.1) is 6.10 Å². The molecule has 1 heterocycles. The lowest BCUT2D eigenvalue weighted by Crippen LogP contribution is -2.42. The zero-order valence-electron chi connectivity index (χ0n) is 11.2. The number of benzene rings is 1. The molecule has 1 fully saturated rings. The molecule has 2 rings (SSSR count). The van der Waals surface area contributed by atoms with Crippen LogP contribution in [0.5, 0.6) is 0 Å². The molecule has 0 bridgehead atoms. The van der Waals surface area contributed by atoms with E-state index in [1.165, 1.54) is 12.1 Å². The van der Waals surface area contributed by atoms with Gasteiger partial charge in [-0.1, -0.05) is 31.5 Å². The Morgan fingerprint density at radius 3 is 2.79 bits per heavy atom. The van der Waals surface area contributed by atoms with Crippen molar-refractivity contribution in [3.8, 4) is 0 Å². The fourth-order valence-electron chi connectivity index (χ4n) is 2.76. The van der Waals surface area contributed by atoms with Gasteiger partial charge in [0.15, 0.2) is 0 Å². The van der Waals surface area contributed by atoms with E-state index in [0.717, 1.165) is 25.8 Å². The lowest BCUT2D eigenvalue weighted by molar-refractivity contribution is 0.0972. The van der Waals surface area contributed by atoms with E-state index in [9.17, 15) is 13.9 Å². The Kier molecular flexibility index (Phi) is 4.88. The number of piperidine rings is 1. The van der Waals surface area contributed by atoms with Gasteiger partial charge in [0.1, 0.15) is 0 Å². The minimum Gasteiger partial charge on any atom is -0.387 e. The topological polar surface area (TPSA) is 32.3 Å². The van der Waals surface area contributed by atoms with Crippen molar-refractivity contribution >= 4 is 0 Å². The first-order valence-corrected chi connectivity index (χ1v) is 6.91. The summed E-state index contributed by atoms with van der Waals surface area (Å²) in [6.07, 6.45) is -0.0853. The molecule has 1 aromatic rings. The highest BCUT2D eigenvalue weighted by molar-refractivity contribution is 5.27. The van der Waals surface area contributed by atoms with Gasteiger partial charge in [-0.15, -0.1) is 0 Å². The van der Waals surface area contributed by atoms with Crippen molar-refractivity contribution < 1.29 is 13.9 Å². The number of halogens is 2. The van der Waals surface area contributed by atoms with Crippen LogP contribution < -0.4 is 5.32 Å². The van der Waals surface area contributed by atoms with Crippen LogP contribution in [0.15, 0.2) is 24.3 Å². The number of hydrogen-bond donors (Lipinski definition) is 2. The van der Waals surface area contributed by atoms with Gasteiger partial charge in [-0.2, -0.15) is 0 Å². The van der Waals surface area contributed by atoms with E-state index in [-0.39, 0.29) is 11.6 Å². The molecule has 2 nitrogen and oxygen atoms in total. The van der Waals surface area contributed by atoms with Gasteiger partial charge in [0.2, 0.25) is 0 Å². The van der Waals surface area contributed by atoms with E-state index in [4.69, 9.17) is 0 Å². The minimum atomic E-state index is -2.49. The standard InChI is InChI=1S/C15H21F2NO/c1-2-10-6-7-18-13(8-10)14(19)11-4-3-5-12(9-11)15(16)17/h3-5,9-10,13-15,18-19H,2,6-8H2,1H3. The molecular formula is C15H21F2NO. The lowest BCUT2D eigenvalue weighted by Gasteiger charge is -2.33. The molecule has 0 amide bonds. The van der Waals surface area contributed by atoms with E-state index >= 15 is 0 Å². The normalized spacial score (nSPS) is 25.5. The summed E-state index contributed by atoms with van der Waals surface area (Å²) in [4.78, 5) is 0. The van der Waals surface area contributed by atoms with Crippen molar-refractivity contribution in [2.75, 3.05) is 6.54 Å². The van der Waals surface area contributed by atoms with E-state index in [1.54, 1.807) is 12.1 Å². The second kappa shape index (κ2) is 6.44. The zero-order chi connectivity index (χ0) is 13.8. The third-order valence-corrected chi connectivity index (χ3v) is 4.01. The van der Waals surface area contributed by atoms with Gasteiger partial charge in [0, 0.05) is 11.6 Å². The van der Waals surface area contributed by atoms with Crippen LogP contribution in [0.1, 0.15) is 49.8 Å². The Bertz CT molecular complexity index is 411. The number of aliphatic hydroxyl groups is 1. The predicted molar refractivity (Wildman–Crippen MR) is 71.2 cm³/mol. The average Bonchev–Trinajstić information content (AvgIpc) is 2.46. The summed E-state index contributed by atoms with van der Waals surface area (Å²) in [6.45, 7) is 3.03. The highest BCUT2D eigenvalue weighted by atomic mass is 19.3. The molecule has 1 aromatic carbocycles. The van der Waals surface area contributed by atoms with Crippen molar-refractivity contribution in [3.05, 3.63) is 35.4 Å². The second-order valence-corrected chi connectivity index (χ2v) is 5.27. The molecule has 0 aliphatic carbocycles. The molecule has 0 aromatic heterocycles. The number of aliphatic hydroxyl groups excluding tert-OH is 1. The summed E-state index contributed by atoms with van der Waals surface area (Å²) in [7, 11) is 0. The second-order valence-electron chi connectivity index (χ2n) is 5.27. The van der Waals surface area contributed by atoms with Gasteiger partial charge in [0.25, 0.3) is 6.43 Å². The van der Waals surface area contributed by atoms with Crippen LogP contribution in [0.4, 0.5) is 8.78 Å². The molecule has 3 unspecified atom stereocenters. The number of alkyl halides is 2. The summed E-state index contributed by atoms with van der Waals surface area (Å²) < 4.78 is 25.3. The van der Waals surface area contributed by atoms with Gasteiger partial charge in [-0.3, -0.25) is 0 Å². The third kappa shape index (κ3) is 3.51. The SMILES string of the molecule is CCC1CCNC(C(O)c2cccc(C(F)F)c2)C1. The van der Waals surface area contributed by atoms with Gasteiger partial charge in [-0.05, 0) is 36.9 Å². The van der Waals surface area contributed by atoms with Gasteiger partial charge in [-0.25, -0.2) is 8.78 Å². The Morgan fingerprint density at radius 2 is 2.11 bits per heavy atom. The Hall–Kier alpha value is -1.00.